The van der Waals surface area contributed by atoms with Gasteiger partial charge in [0.25, 0.3) is 0 Å². The molecule has 1 saturated heterocycles. The first-order valence-corrected chi connectivity index (χ1v) is 9.09. The molecule has 1 aromatic rings. The number of ether oxygens (including phenoxy) is 2. The Morgan fingerprint density at radius 1 is 1.27 bits per heavy atom. The van der Waals surface area contributed by atoms with Crippen molar-refractivity contribution >= 4 is 23.2 Å². The second-order valence-corrected chi connectivity index (χ2v) is 6.21. The Morgan fingerprint density at radius 3 is 2.69 bits per heavy atom. The third-order valence-corrected chi connectivity index (χ3v) is 4.31. The van der Waals surface area contributed by atoms with Crippen molar-refractivity contribution in [2.45, 2.75) is 19.8 Å². The average molecular weight is 363 g/mol. The standard InChI is InChI=1S/C19H29N3O4/c1-16(23)22(10-8-19(24)20-9-5-13-25-2)18-7-4-3-6-17(18)21-11-14-26-15-12-21/h3-4,6-7H,5,8-15H2,1-2H3,(H,20,24). The van der Waals surface area contributed by atoms with Crippen LogP contribution < -0.4 is 15.1 Å². The van der Waals surface area contributed by atoms with E-state index in [1.165, 1.54) is 6.92 Å². The Hall–Kier alpha value is -2.12. The van der Waals surface area contributed by atoms with E-state index in [2.05, 4.69) is 10.2 Å². The summed E-state index contributed by atoms with van der Waals surface area (Å²) in [4.78, 5) is 28.2. The molecule has 1 heterocycles. The lowest BCUT2D eigenvalue weighted by Gasteiger charge is -2.33. The molecule has 1 N–H and O–H groups in total. The van der Waals surface area contributed by atoms with Crippen LogP contribution in [0, 0.1) is 0 Å². The van der Waals surface area contributed by atoms with Crippen LogP contribution in [0.5, 0.6) is 0 Å². The minimum atomic E-state index is -0.0714. The van der Waals surface area contributed by atoms with Gasteiger partial charge in [-0.2, -0.15) is 0 Å². The molecule has 0 radical (unpaired) electrons. The molecule has 0 aliphatic carbocycles. The highest BCUT2D eigenvalue weighted by atomic mass is 16.5. The molecule has 7 heteroatoms. The molecule has 0 aromatic heterocycles. The second-order valence-electron chi connectivity index (χ2n) is 6.21. The van der Waals surface area contributed by atoms with Crippen molar-refractivity contribution < 1.29 is 19.1 Å². The fraction of sp³-hybridized carbons (Fsp3) is 0.579. The Morgan fingerprint density at radius 2 is 2.00 bits per heavy atom. The first kappa shape index (κ1) is 20.2. The van der Waals surface area contributed by atoms with Gasteiger partial charge in [0, 0.05) is 53.2 Å². The summed E-state index contributed by atoms with van der Waals surface area (Å²) < 4.78 is 10.4. The van der Waals surface area contributed by atoms with Crippen molar-refractivity contribution in [3.63, 3.8) is 0 Å². The fourth-order valence-electron chi connectivity index (χ4n) is 2.96. The van der Waals surface area contributed by atoms with E-state index < -0.39 is 0 Å². The normalized spacial score (nSPS) is 14.2. The summed E-state index contributed by atoms with van der Waals surface area (Å²) in [6.45, 7) is 6.03. The minimum Gasteiger partial charge on any atom is -0.385 e. The van der Waals surface area contributed by atoms with Gasteiger partial charge in [0.1, 0.15) is 0 Å². The number of methoxy groups -OCH3 is 1. The zero-order chi connectivity index (χ0) is 18.8. The number of para-hydroxylation sites is 2. The van der Waals surface area contributed by atoms with Crippen LogP contribution in [0.1, 0.15) is 19.8 Å². The summed E-state index contributed by atoms with van der Waals surface area (Å²) in [6, 6.07) is 7.83. The predicted molar refractivity (Wildman–Crippen MR) is 102 cm³/mol. The van der Waals surface area contributed by atoms with Gasteiger partial charge < -0.3 is 24.6 Å². The maximum absolute atomic E-state index is 12.2. The van der Waals surface area contributed by atoms with Crippen molar-refractivity contribution in [1.82, 2.24) is 5.32 Å². The van der Waals surface area contributed by atoms with Crippen LogP contribution in [0.3, 0.4) is 0 Å². The van der Waals surface area contributed by atoms with Crippen molar-refractivity contribution in [2.24, 2.45) is 0 Å². The monoisotopic (exact) mass is 363 g/mol. The lowest BCUT2D eigenvalue weighted by atomic mass is 10.2. The maximum Gasteiger partial charge on any atom is 0.223 e. The number of carbonyl (C=O) groups excluding carboxylic acids is 2. The summed E-state index contributed by atoms with van der Waals surface area (Å²) in [5.41, 5.74) is 1.85. The number of rotatable bonds is 9. The zero-order valence-electron chi connectivity index (χ0n) is 15.7. The van der Waals surface area contributed by atoms with E-state index in [1.807, 2.05) is 24.3 Å². The van der Waals surface area contributed by atoms with E-state index in [1.54, 1.807) is 12.0 Å². The Kier molecular flexibility index (Phi) is 8.37. The molecule has 0 unspecified atom stereocenters. The van der Waals surface area contributed by atoms with Gasteiger partial charge in [-0.1, -0.05) is 12.1 Å². The molecular weight excluding hydrogens is 334 g/mol. The first-order valence-electron chi connectivity index (χ1n) is 9.09. The molecule has 0 atom stereocenters. The molecule has 26 heavy (non-hydrogen) atoms. The van der Waals surface area contributed by atoms with Crippen LogP contribution >= 0.6 is 0 Å². The first-order chi connectivity index (χ1) is 12.6. The van der Waals surface area contributed by atoms with Gasteiger partial charge in [-0.15, -0.1) is 0 Å². The fourth-order valence-corrected chi connectivity index (χ4v) is 2.96. The van der Waals surface area contributed by atoms with E-state index in [0.717, 1.165) is 30.9 Å². The topological polar surface area (TPSA) is 71.1 Å². The molecular formula is C19H29N3O4. The van der Waals surface area contributed by atoms with Crippen molar-refractivity contribution in [3.05, 3.63) is 24.3 Å². The molecule has 7 nitrogen and oxygen atoms in total. The van der Waals surface area contributed by atoms with Gasteiger partial charge in [-0.25, -0.2) is 0 Å². The summed E-state index contributed by atoms with van der Waals surface area (Å²) in [7, 11) is 1.64. The highest BCUT2D eigenvalue weighted by Gasteiger charge is 2.20. The molecule has 0 bridgehead atoms. The lowest BCUT2D eigenvalue weighted by Crippen LogP contribution is -2.39. The van der Waals surface area contributed by atoms with Crippen LogP contribution in [0.15, 0.2) is 24.3 Å². The van der Waals surface area contributed by atoms with Crippen molar-refractivity contribution in [2.75, 3.05) is 62.9 Å². The van der Waals surface area contributed by atoms with E-state index in [9.17, 15) is 9.59 Å². The van der Waals surface area contributed by atoms with Gasteiger partial charge in [-0.3, -0.25) is 9.59 Å². The lowest BCUT2D eigenvalue weighted by molar-refractivity contribution is -0.121. The third kappa shape index (κ3) is 6.00. The Balaban J connectivity index is 2.01. The smallest absolute Gasteiger partial charge is 0.223 e. The van der Waals surface area contributed by atoms with E-state index in [-0.39, 0.29) is 18.2 Å². The zero-order valence-corrected chi connectivity index (χ0v) is 15.7. The van der Waals surface area contributed by atoms with Crippen LogP contribution in [0.4, 0.5) is 11.4 Å². The number of benzene rings is 1. The van der Waals surface area contributed by atoms with Gasteiger partial charge in [-0.05, 0) is 18.6 Å². The number of nitrogens with zero attached hydrogens (tertiary/aromatic N) is 2. The molecule has 1 aliphatic heterocycles. The minimum absolute atomic E-state index is 0.0591. The van der Waals surface area contributed by atoms with Gasteiger partial charge >= 0.3 is 0 Å². The second kappa shape index (κ2) is 10.8. The van der Waals surface area contributed by atoms with Gasteiger partial charge in [0.2, 0.25) is 11.8 Å². The third-order valence-electron chi connectivity index (χ3n) is 4.31. The molecule has 1 aliphatic rings. The maximum atomic E-state index is 12.2. The highest BCUT2D eigenvalue weighted by Crippen LogP contribution is 2.30. The number of amides is 2. The molecule has 2 amide bonds. The number of carbonyl (C=O) groups is 2. The van der Waals surface area contributed by atoms with Crippen LogP contribution in [0.25, 0.3) is 0 Å². The number of anilines is 2. The van der Waals surface area contributed by atoms with Crippen LogP contribution in [-0.2, 0) is 19.1 Å². The molecule has 144 valence electrons. The predicted octanol–water partition coefficient (Wildman–Crippen LogP) is 1.42. The van der Waals surface area contributed by atoms with Gasteiger partial charge in [0.15, 0.2) is 0 Å². The highest BCUT2D eigenvalue weighted by molar-refractivity contribution is 5.96. The molecule has 0 spiro atoms. The van der Waals surface area contributed by atoms with Crippen LogP contribution in [-0.4, -0.2) is 64.9 Å². The number of hydrogen-bond donors (Lipinski definition) is 1. The summed E-state index contributed by atoms with van der Waals surface area (Å²) in [5.74, 6) is -0.130. The number of nitrogens with one attached hydrogen (secondary N) is 1. The largest absolute Gasteiger partial charge is 0.385 e. The van der Waals surface area contributed by atoms with E-state index in [0.29, 0.717) is 32.9 Å². The summed E-state index contributed by atoms with van der Waals surface area (Å²) >= 11 is 0. The van der Waals surface area contributed by atoms with Crippen LogP contribution in [0.2, 0.25) is 0 Å². The van der Waals surface area contributed by atoms with E-state index in [4.69, 9.17) is 9.47 Å². The van der Waals surface area contributed by atoms with Crippen molar-refractivity contribution in [3.8, 4) is 0 Å². The Labute approximate surface area is 155 Å². The Bertz CT molecular complexity index is 588. The number of morpholine rings is 1. The van der Waals surface area contributed by atoms with Crippen molar-refractivity contribution in [1.29, 1.82) is 0 Å². The SMILES string of the molecule is COCCCNC(=O)CCN(C(C)=O)c1ccccc1N1CCOCC1. The van der Waals surface area contributed by atoms with E-state index >= 15 is 0 Å². The molecule has 1 fully saturated rings. The summed E-state index contributed by atoms with van der Waals surface area (Å²) in [5, 5.41) is 2.86. The molecule has 1 aromatic carbocycles. The molecule has 2 rings (SSSR count). The average Bonchev–Trinajstić information content (AvgIpc) is 2.66. The number of hydrogen-bond acceptors (Lipinski definition) is 5. The van der Waals surface area contributed by atoms with Gasteiger partial charge in [0.05, 0.1) is 24.6 Å². The summed E-state index contributed by atoms with van der Waals surface area (Å²) in [6.07, 6.45) is 1.04. The molecule has 0 saturated carbocycles. The quantitative estimate of drug-likeness (QED) is 0.672.